The quantitative estimate of drug-likeness (QED) is 0.713. The Balaban J connectivity index is 2.24. The minimum atomic E-state index is 0.472. The standard InChI is InChI=1S/C13H25N3O/c1-4-8-14-12(11-17-3)6-5-7-13-15-9-10-16(13)2/h9-10,12,14H,4-8,11H2,1-3H3. The third-order valence-electron chi connectivity index (χ3n) is 2.92. The molecule has 0 bridgehead atoms. The monoisotopic (exact) mass is 239 g/mol. The number of rotatable bonds is 9. The van der Waals surface area contributed by atoms with E-state index in [2.05, 4.69) is 21.8 Å². The Bertz CT molecular complexity index is 299. The molecule has 0 amide bonds. The summed E-state index contributed by atoms with van der Waals surface area (Å²) in [5.74, 6) is 1.16. The third kappa shape index (κ3) is 5.33. The van der Waals surface area contributed by atoms with Crippen LogP contribution in [0, 0.1) is 0 Å². The second kappa shape index (κ2) is 8.25. The molecule has 98 valence electrons. The summed E-state index contributed by atoms with van der Waals surface area (Å²) in [6.45, 7) is 4.04. The fourth-order valence-electron chi connectivity index (χ4n) is 1.94. The Kier molecular flexibility index (Phi) is 6.89. The normalized spacial score (nSPS) is 12.9. The first-order valence-electron chi connectivity index (χ1n) is 6.46. The number of methoxy groups -OCH3 is 1. The lowest BCUT2D eigenvalue weighted by atomic mass is 10.1. The largest absolute Gasteiger partial charge is 0.383 e. The van der Waals surface area contributed by atoms with Gasteiger partial charge in [-0.25, -0.2) is 4.98 Å². The van der Waals surface area contributed by atoms with Gasteiger partial charge in [-0.3, -0.25) is 0 Å². The maximum atomic E-state index is 5.23. The van der Waals surface area contributed by atoms with Crippen LogP contribution in [0.3, 0.4) is 0 Å². The molecule has 0 aliphatic heterocycles. The number of ether oxygens (including phenoxy) is 1. The van der Waals surface area contributed by atoms with Crippen LogP contribution >= 0.6 is 0 Å². The number of aromatic nitrogens is 2. The summed E-state index contributed by atoms with van der Waals surface area (Å²) in [4.78, 5) is 4.33. The van der Waals surface area contributed by atoms with E-state index in [0.29, 0.717) is 6.04 Å². The number of nitrogens with one attached hydrogen (secondary N) is 1. The van der Waals surface area contributed by atoms with Gasteiger partial charge in [0.1, 0.15) is 5.82 Å². The van der Waals surface area contributed by atoms with E-state index in [0.717, 1.165) is 38.2 Å². The molecule has 0 radical (unpaired) electrons. The molecule has 0 aliphatic rings. The molecular formula is C13H25N3O. The summed E-state index contributed by atoms with van der Waals surface area (Å²) in [5.41, 5.74) is 0. The van der Waals surface area contributed by atoms with Gasteiger partial charge in [0.05, 0.1) is 6.61 Å². The first-order chi connectivity index (χ1) is 8.27. The molecule has 1 aromatic heterocycles. The summed E-state index contributed by atoms with van der Waals surface area (Å²) in [6, 6.07) is 0.472. The van der Waals surface area contributed by atoms with Crippen molar-refractivity contribution in [2.75, 3.05) is 20.3 Å². The van der Waals surface area contributed by atoms with E-state index in [1.165, 1.54) is 6.42 Å². The van der Waals surface area contributed by atoms with Crippen molar-refractivity contribution in [3.8, 4) is 0 Å². The second-order valence-electron chi connectivity index (χ2n) is 4.45. The van der Waals surface area contributed by atoms with Gasteiger partial charge in [0.25, 0.3) is 0 Å². The summed E-state index contributed by atoms with van der Waals surface area (Å²) < 4.78 is 7.32. The van der Waals surface area contributed by atoms with Gasteiger partial charge in [-0.15, -0.1) is 0 Å². The van der Waals surface area contributed by atoms with E-state index >= 15 is 0 Å². The second-order valence-corrected chi connectivity index (χ2v) is 4.45. The molecule has 0 aromatic carbocycles. The van der Waals surface area contributed by atoms with E-state index in [4.69, 9.17) is 4.74 Å². The maximum Gasteiger partial charge on any atom is 0.108 e. The van der Waals surface area contributed by atoms with E-state index in [-0.39, 0.29) is 0 Å². The zero-order valence-corrected chi connectivity index (χ0v) is 11.3. The molecular weight excluding hydrogens is 214 g/mol. The predicted molar refractivity (Wildman–Crippen MR) is 70.1 cm³/mol. The first-order valence-corrected chi connectivity index (χ1v) is 6.46. The Hall–Kier alpha value is -0.870. The fraction of sp³-hybridized carbons (Fsp3) is 0.769. The smallest absolute Gasteiger partial charge is 0.108 e. The van der Waals surface area contributed by atoms with Gasteiger partial charge in [0.2, 0.25) is 0 Å². The van der Waals surface area contributed by atoms with Crippen LogP contribution in [-0.4, -0.2) is 35.9 Å². The van der Waals surface area contributed by atoms with E-state index in [9.17, 15) is 0 Å². The summed E-state index contributed by atoms with van der Waals surface area (Å²) in [5, 5.41) is 3.51. The van der Waals surface area contributed by atoms with Crippen molar-refractivity contribution in [1.29, 1.82) is 0 Å². The van der Waals surface area contributed by atoms with Crippen molar-refractivity contribution in [2.24, 2.45) is 7.05 Å². The lowest BCUT2D eigenvalue weighted by Gasteiger charge is -2.17. The summed E-state index contributed by atoms with van der Waals surface area (Å²) >= 11 is 0. The molecule has 1 atom stereocenters. The number of hydrogen-bond donors (Lipinski definition) is 1. The molecule has 1 heterocycles. The molecule has 1 aromatic rings. The Morgan fingerprint density at radius 3 is 2.94 bits per heavy atom. The molecule has 0 saturated heterocycles. The van der Waals surface area contributed by atoms with Crippen molar-refractivity contribution in [1.82, 2.24) is 14.9 Å². The number of nitrogens with zero attached hydrogens (tertiary/aromatic N) is 2. The van der Waals surface area contributed by atoms with E-state index < -0.39 is 0 Å². The van der Waals surface area contributed by atoms with Crippen LogP contribution in [0.5, 0.6) is 0 Å². The van der Waals surface area contributed by atoms with Crippen LogP contribution in [0.15, 0.2) is 12.4 Å². The summed E-state index contributed by atoms with van der Waals surface area (Å²) in [7, 11) is 3.81. The lowest BCUT2D eigenvalue weighted by Crippen LogP contribution is -2.33. The Morgan fingerprint density at radius 2 is 2.35 bits per heavy atom. The average Bonchev–Trinajstić information content (AvgIpc) is 2.72. The van der Waals surface area contributed by atoms with Crippen molar-refractivity contribution >= 4 is 0 Å². The van der Waals surface area contributed by atoms with Gasteiger partial charge in [-0.2, -0.15) is 0 Å². The van der Waals surface area contributed by atoms with Gasteiger partial charge in [-0.1, -0.05) is 6.92 Å². The minimum absolute atomic E-state index is 0.472. The molecule has 0 fully saturated rings. The molecule has 4 nitrogen and oxygen atoms in total. The zero-order chi connectivity index (χ0) is 12.5. The van der Waals surface area contributed by atoms with Crippen LogP contribution in [-0.2, 0) is 18.2 Å². The van der Waals surface area contributed by atoms with E-state index in [1.807, 2.05) is 19.4 Å². The zero-order valence-electron chi connectivity index (χ0n) is 11.3. The van der Waals surface area contributed by atoms with Crippen molar-refractivity contribution in [2.45, 2.75) is 38.6 Å². The highest BCUT2D eigenvalue weighted by Crippen LogP contribution is 2.05. The van der Waals surface area contributed by atoms with Gasteiger partial charge in [0, 0.05) is 39.0 Å². The maximum absolute atomic E-state index is 5.23. The van der Waals surface area contributed by atoms with Gasteiger partial charge in [-0.05, 0) is 25.8 Å². The number of hydrogen-bond acceptors (Lipinski definition) is 3. The predicted octanol–water partition coefficient (Wildman–Crippen LogP) is 1.76. The van der Waals surface area contributed by atoms with Gasteiger partial charge >= 0.3 is 0 Å². The highest BCUT2D eigenvalue weighted by atomic mass is 16.5. The fourth-order valence-corrected chi connectivity index (χ4v) is 1.94. The van der Waals surface area contributed by atoms with Crippen molar-refractivity contribution < 1.29 is 4.74 Å². The Morgan fingerprint density at radius 1 is 1.53 bits per heavy atom. The van der Waals surface area contributed by atoms with Crippen molar-refractivity contribution in [3.63, 3.8) is 0 Å². The molecule has 1 unspecified atom stereocenters. The molecule has 0 spiro atoms. The van der Waals surface area contributed by atoms with Gasteiger partial charge in [0.15, 0.2) is 0 Å². The molecule has 1 rings (SSSR count). The van der Waals surface area contributed by atoms with Crippen LogP contribution in [0.2, 0.25) is 0 Å². The van der Waals surface area contributed by atoms with Crippen LogP contribution < -0.4 is 5.32 Å². The minimum Gasteiger partial charge on any atom is -0.383 e. The van der Waals surface area contributed by atoms with Crippen molar-refractivity contribution in [3.05, 3.63) is 18.2 Å². The molecule has 0 saturated carbocycles. The Labute approximate surface area is 104 Å². The SMILES string of the molecule is CCCNC(CCCc1nccn1C)COC. The topological polar surface area (TPSA) is 39.1 Å². The molecule has 17 heavy (non-hydrogen) atoms. The van der Waals surface area contributed by atoms with Crippen LogP contribution in [0.4, 0.5) is 0 Å². The molecule has 4 heteroatoms. The summed E-state index contributed by atoms with van der Waals surface area (Å²) in [6.07, 6.45) is 8.35. The van der Waals surface area contributed by atoms with Crippen LogP contribution in [0.25, 0.3) is 0 Å². The average molecular weight is 239 g/mol. The van der Waals surface area contributed by atoms with E-state index in [1.54, 1.807) is 7.11 Å². The number of aryl methyl sites for hydroxylation is 2. The third-order valence-corrected chi connectivity index (χ3v) is 2.92. The highest BCUT2D eigenvalue weighted by Gasteiger charge is 2.07. The van der Waals surface area contributed by atoms with Crippen LogP contribution in [0.1, 0.15) is 32.0 Å². The highest BCUT2D eigenvalue weighted by molar-refractivity contribution is 4.91. The lowest BCUT2D eigenvalue weighted by molar-refractivity contribution is 0.161. The van der Waals surface area contributed by atoms with Gasteiger partial charge < -0.3 is 14.6 Å². The molecule has 0 aliphatic carbocycles. The molecule has 1 N–H and O–H groups in total. The first kappa shape index (κ1) is 14.2. The number of imidazole rings is 1.